The SMILES string of the molecule is CCOc1cccc(OCC(=O)Nc2ccc(Oc3ccccc3)cc2)c1. The minimum Gasteiger partial charge on any atom is -0.494 e. The van der Waals surface area contributed by atoms with Gasteiger partial charge in [-0.15, -0.1) is 0 Å². The Balaban J connectivity index is 1.50. The molecule has 0 aliphatic heterocycles. The molecule has 0 saturated carbocycles. The molecule has 0 fully saturated rings. The van der Waals surface area contributed by atoms with Crippen LogP contribution in [0.2, 0.25) is 0 Å². The van der Waals surface area contributed by atoms with Crippen LogP contribution in [0.25, 0.3) is 0 Å². The molecule has 5 heteroatoms. The van der Waals surface area contributed by atoms with Gasteiger partial charge in [-0.2, -0.15) is 0 Å². The molecule has 3 aromatic carbocycles. The molecule has 0 bridgehead atoms. The Morgan fingerprint density at radius 1 is 0.778 bits per heavy atom. The molecule has 0 spiro atoms. The first-order valence-electron chi connectivity index (χ1n) is 8.71. The predicted octanol–water partition coefficient (Wildman–Crippen LogP) is 4.90. The van der Waals surface area contributed by atoms with Gasteiger partial charge in [0.15, 0.2) is 6.61 Å². The van der Waals surface area contributed by atoms with Crippen LogP contribution in [-0.2, 0) is 4.79 Å². The highest BCUT2D eigenvalue weighted by Crippen LogP contribution is 2.23. The van der Waals surface area contributed by atoms with E-state index in [1.54, 1.807) is 36.4 Å². The Morgan fingerprint density at radius 2 is 1.41 bits per heavy atom. The van der Waals surface area contributed by atoms with E-state index in [-0.39, 0.29) is 12.5 Å². The molecule has 0 saturated heterocycles. The van der Waals surface area contributed by atoms with Crippen molar-refractivity contribution >= 4 is 11.6 Å². The number of amides is 1. The van der Waals surface area contributed by atoms with Crippen molar-refractivity contribution in [3.8, 4) is 23.0 Å². The average Bonchev–Trinajstić information content (AvgIpc) is 2.69. The molecule has 1 N–H and O–H groups in total. The Kier molecular flexibility index (Phi) is 6.30. The van der Waals surface area contributed by atoms with Crippen molar-refractivity contribution in [2.24, 2.45) is 0 Å². The van der Waals surface area contributed by atoms with Crippen molar-refractivity contribution in [3.05, 3.63) is 78.9 Å². The molecular formula is C22H21NO4. The quantitative estimate of drug-likeness (QED) is 0.619. The normalized spacial score (nSPS) is 10.1. The molecule has 0 radical (unpaired) electrons. The van der Waals surface area contributed by atoms with E-state index in [9.17, 15) is 4.79 Å². The highest BCUT2D eigenvalue weighted by Gasteiger charge is 2.05. The summed E-state index contributed by atoms with van der Waals surface area (Å²) < 4.78 is 16.6. The van der Waals surface area contributed by atoms with Crippen molar-refractivity contribution < 1.29 is 19.0 Å². The zero-order valence-corrected chi connectivity index (χ0v) is 15.1. The molecule has 27 heavy (non-hydrogen) atoms. The fraction of sp³-hybridized carbons (Fsp3) is 0.136. The lowest BCUT2D eigenvalue weighted by atomic mass is 10.3. The third kappa shape index (κ3) is 5.78. The van der Waals surface area contributed by atoms with E-state index >= 15 is 0 Å². The molecule has 1 amide bonds. The standard InChI is InChI=1S/C22H21NO4/c1-2-25-20-9-6-10-21(15-20)26-16-22(24)23-17-11-13-19(14-12-17)27-18-7-4-3-5-8-18/h3-15H,2,16H2,1H3,(H,23,24). The van der Waals surface area contributed by atoms with E-state index in [1.165, 1.54) is 0 Å². The number of nitrogens with one attached hydrogen (secondary N) is 1. The van der Waals surface area contributed by atoms with Gasteiger partial charge in [-0.3, -0.25) is 4.79 Å². The molecule has 0 aliphatic carbocycles. The number of carbonyl (C=O) groups is 1. The van der Waals surface area contributed by atoms with E-state index in [2.05, 4.69) is 5.32 Å². The number of carbonyl (C=O) groups excluding carboxylic acids is 1. The van der Waals surface area contributed by atoms with Crippen LogP contribution in [0.3, 0.4) is 0 Å². The molecule has 5 nitrogen and oxygen atoms in total. The van der Waals surface area contributed by atoms with Gasteiger partial charge in [0, 0.05) is 11.8 Å². The van der Waals surface area contributed by atoms with Crippen LogP contribution in [0, 0.1) is 0 Å². The molecule has 0 aliphatic rings. The summed E-state index contributed by atoms with van der Waals surface area (Å²) in [5.41, 5.74) is 0.673. The second-order valence-electron chi connectivity index (χ2n) is 5.68. The Hall–Kier alpha value is -3.47. The minimum atomic E-state index is -0.242. The second kappa shape index (κ2) is 9.29. The summed E-state index contributed by atoms with van der Waals surface area (Å²) in [6, 6.07) is 23.9. The van der Waals surface area contributed by atoms with Crippen LogP contribution < -0.4 is 19.5 Å². The lowest BCUT2D eigenvalue weighted by Gasteiger charge is -2.10. The molecular weight excluding hydrogens is 342 g/mol. The van der Waals surface area contributed by atoms with E-state index < -0.39 is 0 Å². The third-order valence-corrected chi connectivity index (χ3v) is 3.60. The van der Waals surface area contributed by atoms with Gasteiger partial charge in [0.1, 0.15) is 23.0 Å². The van der Waals surface area contributed by atoms with E-state index in [0.29, 0.717) is 29.5 Å². The number of hydrogen-bond acceptors (Lipinski definition) is 4. The van der Waals surface area contributed by atoms with Crippen LogP contribution in [0.1, 0.15) is 6.92 Å². The molecule has 0 unspecified atom stereocenters. The summed E-state index contributed by atoms with van der Waals surface area (Å²) >= 11 is 0. The molecule has 3 rings (SSSR count). The summed E-state index contributed by atoms with van der Waals surface area (Å²) in [6.45, 7) is 2.41. The fourth-order valence-corrected chi connectivity index (χ4v) is 2.40. The van der Waals surface area contributed by atoms with Gasteiger partial charge in [-0.05, 0) is 55.5 Å². The van der Waals surface area contributed by atoms with Gasteiger partial charge in [0.25, 0.3) is 5.91 Å². The summed E-state index contributed by atoms with van der Waals surface area (Å²) in [5.74, 6) is 2.51. The van der Waals surface area contributed by atoms with E-state index in [1.807, 2.05) is 49.4 Å². The lowest BCUT2D eigenvalue weighted by molar-refractivity contribution is -0.118. The maximum atomic E-state index is 12.1. The minimum absolute atomic E-state index is 0.0855. The maximum absolute atomic E-state index is 12.1. The van der Waals surface area contributed by atoms with E-state index in [0.717, 1.165) is 5.75 Å². The smallest absolute Gasteiger partial charge is 0.262 e. The Morgan fingerprint density at radius 3 is 2.11 bits per heavy atom. The van der Waals surface area contributed by atoms with Gasteiger partial charge in [-0.1, -0.05) is 24.3 Å². The van der Waals surface area contributed by atoms with Gasteiger partial charge in [-0.25, -0.2) is 0 Å². The summed E-state index contributed by atoms with van der Waals surface area (Å²) in [7, 11) is 0. The summed E-state index contributed by atoms with van der Waals surface area (Å²) in [6.07, 6.45) is 0. The number of ether oxygens (including phenoxy) is 3. The second-order valence-corrected chi connectivity index (χ2v) is 5.68. The predicted molar refractivity (Wildman–Crippen MR) is 105 cm³/mol. The van der Waals surface area contributed by atoms with Gasteiger partial charge in [0.2, 0.25) is 0 Å². The molecule has 0 aromatic heterocycles. The van der Waals surface area contributed by atoms with Crippen molar-refractivity contribution in [2.45, 2.75) is 6.92 Å². The Labute approximate surface area is 158 Å². The molecule has 0 atom stereocenters. The average molecular weight is 363 g/mol. The Bertz CT molecular complexity index is 863. The van der Waals surface area contributed by atoms with Crippen LogP contribution in [0.15, 0.2) is 78.9 Å². The first-order chi connectivity index (χ1) is 13.2. The molecule has 3 aromatic rings. The first kappa shape index (κ1) is 18.3. The molecule has 138 valence electrons. The van der Waals surface area contributed by atoms with Gasteiger partial charge < -0.3 is 19.5 Å². The maximum Gasteiger partial charge on any atom is 0.262 e. The largest absolute Gasteiger partial charge is 0.494 e. The van der Waals surface area contributed by atoms with Crippen LogP contribution in [-0.4, -0.2) is 19.1 Å². The van der Waals surface area contributed by atoms with Crippen LogP contribution in [0.4, 0.5) is 5.69 Å². The number of benzene rings is 3. The number of anilines is 1. The lowest BCUT2D eigenvalue weighted by Crippen LogP contribution is -2.20. The summed E-state index contributed by atoms with van der Waals surface area (Å²) in [4.78, 5) is 12.1. The highest BCUT2D eigenvalue weighted by molar-refractivity contribution is 5.91. The third-order valence-electron chi connectivity index (χ3n) is 3.60. The number of rotatable bonds is 8. The van der Waals surface area contributed by atoms with Crippen LogP contribution >= 0.6 is 0 Å². The fourth-order valence-electron chi connectivity index (χ4n) is 2.40. The monoisotopic (exact) mass is 363 g/mol. The number of hydrogen-bond donors (Lipinski definition) is 1. The zero-order chi connectivity index (χ0) is 18.9. The molecule has 0 heterocycles. The van der Waals surface area contributed by atoms with Crippen LogP contribution in [0.5, 0.6) is 23.0 Å². The van der Waals surface area contributed by atoms with Gasteiger partial charge in [0.05, 0.1) is 6.61 Å². The topological polar surface area (TPSA) is 56.8 Å². The van der Waals surface area contributed by atoms with Gasteiger partial charge >= 0.3 is 0 Å². The van der Waals surface area contributed by atoms with Crippen molar-refractivity contribution in [1.29, 1.82) is 0 Å². The zero-order valence-electron chi connectivity index (χ0n) is 15.1. The van der Waals surface area contributed by atoms with Crippen molar-refractivity contribution in [3.63, 3.8) is 0 Å². The first-order valence-corrected chi connectivity index (χ1v) is 8.71. The van der Waals surface area contributed by atoms with E-state index in [4.69, 9.17) is 14.2 Å². The summed E-state index contributed by atoms with van der Waals surface area (Å²) in [5, 5.41) is 2.79. The van der Waals surface area contributed by atoms with Crippen molar-refractivity contribution in [2.75, 3.05) is 18.5 Å². The van der Waals surface area contributed by atoms with Crippen molar-refractivity contribution in [1.82, 2.24) is 0 Å². The highest BCUT2D eigenvalue weighted by atomic mass is 16.5. The number of para-hydroxylation sites is 1.